The molecular weight excluding hydrogens is 332 g/mol. The summed E-state index contributed by atoms with van der Waals surface area (Å²) < 4.78 is 0. The molecule has 122 valence electrons. The molecule has 1 fully saturated rings. The molecule has 4 nitrogen and oxygen atoms in total. The zero-order valence-electron chi connectivity index (χ0n) is 12.7. The molecule has 2 aromatic rings. The van der Waals surface area contributed by atoms with Crippen molar-refractivity contribution < 1.29 is 9.90 Å². The molecule has 3 rings (SSSR count). The SMILES string of the molecule is O=C(c1ccc(Cl)cc1O)N1CCCN(Cc2cccs2)CC1. The normalized spacial score (nSPS) is 16.3. The average molecular weight is 351 g/mol. The van der Waals surface area contributed by atoms with Crippen molar-refractivity contribution in [3.8, 4) is 5.75 Å². The molecule has 1 aromatic carbocycles. The Morgan fingerprint density at radius 1 is 1.22 bits per heavy atom. The number of phenols is 1. The lowest BCUT2D eigenvalue weighted by Crippen LogP contribution is -2.35. The Kier molecular flexibility index (Phi) is 5.20. The van der Waals surface area contributed by atoms with Crippen LogP contribution in [0.2, 0.25) is 5.02 Å². The molecule has 0 bridgehead atoms. The fraction of sp³-hybridized carbons (Fsp3) is 0.353. The predicted octanol–water partition coefficient (Wildman–Crippen LogP) is 3.46. The second kappa shape index (κ2) is 7.34. The summed E-state index contributed by atoms with van der Waals surface area (Å²) in [5.41, 5.74) is 0.320. The number of benzene rings is 1. The van der Waals surface area contributed by atoms with E-state index < -0.39 is 0 Å². The Morgan fingerprint density at radius 2 is 2.09 bits per heavy atom. The van der Waals surface area contributed by atoms with Crippen molar-refractivity contribution in [3.63, 3.8) is 0 Å². The summed E-state index contributed by atoms with van der Waals surface area (Å²) in [6.45, 7) is 4.15. The van der Waals surface area contributed by atoms with E-state index >= 15 is 0 Å². The van der Waals surface area contributed by atoms with Gasteiger partial charge in [-0.2, -0.15) is 0 Å². The number of nitrogens with zero attached hydrogens (tertiary/aromatic N) is 2. The van der Waals surface area contributed by atoms with Crippen LogP contribution in [0, 0.1) is 0 Å². The first-order valence-corrected chi connectivity index (χ1v) is 8.92. The van der Waals surface area contributed by atoms with Gasteiger partial charge in [-0.3, -0.25) is 9.69 Å². The molecule has 6 heteroatoms. The van der Waals surface area contributed by atoms with E-state index in [-0.39, 0.29) is 11.7 Å². The maximum absolute atomic E-state index is 12.6. The monoisotopic (exact) mass is 350 g/mol. The van der Waals surface area contributed by atoms with Crippen LogP contribution in [-0.2, 0) is 6.54 Å². The molecular formula is C17H19ClN2O2S. The van der Waals surface area contributed by atoms with E-state index in [0.717, 1.165) is 26.1 Å². The van der Waals surface area contributed by atoms with Gasteiger partial charge in [0.15, 0.2) is 0 Å². The molecule has 0 saturated carbocycles. The second-order valence-electron chi connectivity index (χ2n) is 5.66. The van der Waals surface area contributed by atoms with E-state index in [1.165, 1.54) is 10.9 Å². The van der Waals surface area contributed by atoms with Gasteiger partial charge in [-0.05, 0) is 36.1 Å². The Bertz CT molecular complexity index is 675. The van der Waals surface area contributed by atoms with Crippen molar-refractivity contribution in [1.29, 1.82) is 0 Å². The molecule has 1 N–H and O–H groups in total. The second-order valence-corrected chi connectivity index (χ2v) is 7.13. The largest absolute Gasteiger partial charge is 0.507 e. The van der Waals surface area contributed by atoms with Crippen LogP contribution in [0.5, 0.6) is 5.75 Å². The Labute approximate surface area is 144 Å². The number of hydrogen-bond acceptors (Lipinski definition) is 4. The van der Waals surface area contributed by atoms with Crippen molar-refractivity contribution >= 4 is 28.8 Å². The molecule has 1 aromatic heterocycles. The summed E-state index contributed by atoms with van der Waals surface area (Å²) >= 11 is 7.59. The lowest BCUT2D eigenvalue weighted by molar-refractivity contribution is 0.0758. The van der Waals surface area contributed by atoms with E-state index in [2.05, 4.69) is 22.4 Å². The highest BCUT2D eigenvalue weighted by atomic mass is 35.5. The highest BCUT2D eigenvalue weighted by Gasteiger charge is 2.22. The van der Waals surface area contributed by atoms with E-state index in [1.807, 2.05) is 4.90 Å². The molecule has 1 aliphatic heterocycles. The van der Waals surface area contributed by atoms with Gasteiger partial charge in [-0.25, -0.2) is 0 Å². The van der Waals surface area contributed by atoms with Gasteiger partial charge in [-0.1, -0.05) is 17.7 Å². The molecule has 23 heavy (non-hydrogen) atoms. The Balaban J connectivity index is 1.64. The van der Waals surface area contributed by atoms with Crippen LogP contribution in [0.15, 0.2) is 35.7 Å². The van der Waals surface area contributed by atoms with Crippen molar-refractivity contribution in [2.45, 2.75) is 13.0 Å². The summed E-state index contributed by atoms with van der Waals surface area (Å²) in [4.78, 5) is 18.2. The average Bonchev–Trinajstić information content (AvgIpc) is 2.91. The van der Waals surface area contributed by atoms with E-state index in [1.54, 1.807) is 23.5 Å². The first-order chi connectivity index (χ1) is 11.1. The van der Waals surface area contributed by atoms with Gasteiger partial charge in [0.05, 0.1) is 5.56 Å². The zero-order valence-corrected chi connectivity index (χ0v) is 14.3. The summed E-state index contributed by atoms with van der Waals surface area (Å²) in [7, 11) is 0. The quantitative estimate of drug-likeness (QED) is 0.922. The standard InChI is InChI=1S/C17H19ClN2O2S/c18-13-4-5-15(16(21)11-13)17(22)20-7-2-6-19(8-9-20)12-14-3-1-10-23-14/h1,3-5,10-11,21H,2,6-9,12H2. The highest BCUT2D eigenvalue weighted by molar-refractivity contribution is 7.09. The molecule has 1 saturated heterocycles. The predicted molar refractivity (Wildman–Crippen MR) is 93.2 cm³/mol. The van der Waals surface area contributed by atoms with E-state index in [0.29, 0.717) is 23.7 Å². The highest BCUT2D eigenvalue weighted by Crippen LogP contribution is 2.24. The van der Waals surface area contributed by atoms with E-state index in [4.69, 9.17) is 11.6 Å². The minimum atomic E-state index is -0.128. The van der Waals surface area contributed by atoms with E-state index in [9.17, 15) is 9.90 Å². The first kappa shape index (κ1) is 16.3. The molecule has 1 aliphatic rings. The fourth-order valence-corrected chi connectivity index (χ4v) is 3.72. The summed E-state index contributed by atoms with van der Waals surface area (Å²) in [6.07, 6.45) is 0.936. The van der Waals surface area contributed by atoms with Gasteiger partial charge in [0.1, 0.15) is 5.75 Å². The zero-order chi connectivity index (χ0) is 16.2. The summed E-state index contributed by atoms with van der Waals surface area (Å²) in [5, 5.41) is 12.5. The van der Waals surface area contributed by atoms with Crippen LogP contribution in [0.4, 0.5) is 0 Å². The summed E-state index contributed by atoms with van der Waals surface area (Å²) in [6, 6.07) is 8.85. The van der Waals surface area contributed by atoms with Gasteiger partial charge < -0.3 is 10.0 Å². The van der Waals surface area contributed by atoms with Crippen molar-refractivity contribution in [1.82, 2.24) is 9.80 Å². The minimum absolute atomic E-state index is 0.0535. The Hall–Kier alpha value is -1.56. The Morgan fingerprint density at radius 3 is 2.83 bits per heavy atom. The maximum atomic E-state index is 12.6. The summed E-state index contributed by atoms with van der Waals surface area (Å²) in [5.74, 6) is -0.181. The molecule has 1 amide bonds. The van der Waals surface area contributed by atoms with Gasteiger partial charge >= 0.3 is 0 Å². The van der Waals surface area contributed by atoms with Crippen LogP contribution in [0.1, 0.15) is 21.7 Å². The number of halogens is 1. The minimum Gasteiger partial charge on any atom is -0.507 e. The number of amides is 1. The number of phenolic OH excluding ortho intramolecular Hbond substituents is 1. The fourth-order valence-electron chi connectivity index (χ4n) is 2.81. The van der Waals surface area contributed by atoms with Gasteiger partial charge in [-0.15, -0.1) is 11.3 Å². The first-order valence-electron chi connectivity index (χ1n) is 7.66. The van der Waals surface area contributed by atoms with Crippen molar-refractivity contribution in [2.24, 2.45) is 0 Å². The molecule has 0 aliphatic carbocycles. The molecule has 2 heterocycles. The lowest BCUT2D eigenvalue weighted by atomic mass is 10.1. The molecule has 0 radical (unpaired) electrons. The number of aromatic hydroxyl groups is 1. The van der Waals surface area contributed by atoms with Crippen molar-refractivity contribution in [3.05, 3.63) is 51.2 Å². The van der Waals surface area contributed by atoms with Crippen LogP contribution >= 0.6 is 22.9 Å². The number of hydrogen-bond donors (Lipinski definition) is 1. The number of carbonyl (C=O) groups excluding carboxylic acids is 1. The topological polar surface area (TPSA) is 43.8 Å². The maximum Gasteiger partial charge on any atom is 0.257 e. The van der Waals surface area contributed by atoms with Gasteiger partial charge in [0.25, 0.3) is 5.91 Å². The van der Waals surface area contributed by atoms with Crippen LogP contribution < -0.4 is 0 Å². The number of thiophene rings is 1. The third kappa shape index (κ3) is 4.05. The number of rotatable bonds is 3. The van der Waals surface area contributed by atoms with Crippen LogP contribution in [-0.4, -0.2) is 47.0 Å². The van der Waals surface area contributed by atoms with Gasteiger partial charge in [0, 0.05) is 42.6 Å². The lowest BCUT2D eigenvalue weighted by Gasteiger charge is -2.22. The third-order valence-corrected chi connectivity index (χ3v) is 5.12. The molecule has 0 unspecified atom stereocenters. The molecule has 0 spiro atoms. The van der Waals surface area contributed by atoms with Crippen molar-refractivity contribution in [2.75, 3.05) is 26.2 Å². The van der Waals surface area contributed by atoms with Gasteiger partial charge in [0.2, 0.25) is 0 Å². The number of carbonyl (C=O) groups is 1. The van der Waals surface area contributed by atoms with Crippen LogP contribution in [0.3, 0.4) is 0 Å². The smallest absolute Gasteiger partial charge is 0.257 e. The molecule has 0 atom stereocenters. The van der Waals surface area contributed by atoms with Crippen LogP contribution in [0.25, 0.3) is 0 Å². The third-order valence-electron chi connectivity index (χ3n) is 4.03.